The highest BCUT2D eigenvalue weighted by Gasteiger charge is 2.22. The highest BCUT2D eigenvalue weighted by atomic mass is 16.5. The van der Waals surface area contributed by atoms with Gasteiger partial charge in [0, 0.05) is 0 Å². The Bertz CT molecular complexity index is 482. The normalized spacial score (nSPS) is 13.7. The summed E-state index contributed by atoms with van der Waals surface area (Å²) in [5.74, 6) is -1.77. The van der Waals surface area contributed by atoms with E-state index < -0.39 is 30.6 Å². The molecule has 0 aliphatic carbocycles. The van der Waals surface area contributed by atoms with Crippen molar-refractivity contribution in [2.75, 3.05) is 7.11 Å². The Morgan fingerprint density at radius 1 is 1.32 bits per heavy atom. The molecule has 3 N–H and O–H groups in total. The van der Waals surface area contributed by atoms with Gasteiger partial charge in [0.25, 0.3) is 0 Å². The first-order valence-corrected chi connectivity index (χ1v) is 5.63. The van der Waals surface area contributed by atoms with Gasteiger partial charge < -0.3 is 20.1 Å². The monoisotopic (exact) mass is 268 g/mol. The van der Waals surface area contributed by atoms with Gasteiger partial charge in [-0.1, -0.05) is 12.1 Å². The van der Waals surface area contributed by atoms with Crippen molar-refractivity contribution in [2.24, 2.45) is 0 Å². The highest BCUT2D eigenvalue weighted by Crippen LogP contribution is 2.22. The summed E-state index contributed by atoms with van der Waals surface area (Å²) in [5, 5.41) is 28.0. The van der Waals surface area contributed by atoms with Crippen molar-refractivity contribution < 1.29 is 29.6 Å². The molecule has 104 valence electrons. The number of benzene rings is 1. The SMILES string of the molecule is COC(=O)c1cc(C(O)C(O)CC(=O)O)ccc1C. The minimum atomic E-state index is -1.44. The molecule has 0 saturated heterocycles. The molecule has 2 unspecified atom stereocenters. The molecule has 0 fully saturated rings. The summed E-state index contributed by atoms with van der Waals surface area (Å²) in [4.78, 5) is 22.0. The molecule has 19 heavy (non-hydrogen) atoms. The molecule has 1 rings (SSSR count). The minimum absolute atomic E-state index is 0.264. The lowest BCUT2D eigenvalue weighted by Crippen LogP contribution is -2.22. The van der Waals surface area contributed by atoms with Crippen molar-refractivity contribution in [3.63, 3.8) is 0 Å². The fourth-order valence-electron chi connectivity index (χ4n) is 1.67. The van der Waals surface area contributed by atoms with Crippen LogP contribution in [0.5, 0.6) is 0 Å². The van der Waals surface area contributed by atoms with E-state index in [9.17, 15) is 19.8 Å². The first-order valence-electron chi connectivity index (χ1n) is 5.63. The molecule has 6 nitrogen and oxygen atoms in total. The zero-order valence-corrected chi connectivity index (χ0v) is 10.7. The Morgan fingerprint density at radius 2 is 1.95 bits per heavy atom. The Kier molecular flexibility index (Phi) is 5.02. The van der Waals surface area contributed by atoms with E-state index in [4.69, 9.17) is 5.11 Å². The second-order valence-electron chi connectivity index (χ2n) is 4.18. The van der Waals surface area contributed by atoms with E-state index in [2.05, 4.69) is 4.74 Å². The molecule has 2 atom stereocenters. The van der Waals surface area contributed by atoms with Gasteiger partial charge in [0.05, 0.1) is 25.2 Å². The molecule has 0 saturated carbocycles. The van der Waals surface area contributed by atoms with E-state index in [-0.39, 0.29) is 11.1 Å². The van der Waals surface area contributed by atoms with Crippen molar-refractivity contribution in [3.05, 3.63) is 34.9 Å². The number of carbonyl (C=O) groups excluding carboxylic acids is 1. The van der Waals surface area contributed by atoms with Crippen molar-refractivity contribution in [1.82, 2.24) is 0 Å². The zero-order valence-electron chi connectivity index (χ0n) is 10.7. The minimum Gasteiger partial charge on any atom is -0.481 e. The molecular formula is C13H16O6. The maximum atomic E-state index is 11.5. The first kappa shape index (κ1) is 15.1. The maximum Gasteiger partial charge on any atom is 0.338 e. The van der Waals surface area contributed by atoms with Crippen LogP contribution in [0.1, 0.15) is 34.0 Å². The van der Waals surface area contributed by atoms with Gasteiger partial charge in [-0.05, 0) is 24.1 Å². The average molecular weight is 268 g/mol. The van der Waals surface area contributed by atoms with Crippen LogP contribution in [0.25, 0.3) is 0 Å². The summed E-state index contributed by atoms with van der Waals surface area (Å²) in [6, 6.07) is 4.51. The summed E-state index contributed by atoms with van der Waals surface area (Å²) >= 11 is 0. The average Bonchev–Trinajstić information content (AvgIpc) is 2.36. The quantitative estimate of drug-likeness (QED) is 0.677. The summed E-state index contributed by atoms with van der Waals surface area (Å²) in [6.07, 6.45) is -3.39. The van der Waals surface area contributed by atoms with E-state index in [0.29, 0.717) is 5.56 Å². The molecule has 0 amide bonds. The van der Waals surface area contributed by atoms with Gasteiger partial charge >= 0.3 is 11.9 Å². The number of hydrogen-bond donors (Lipinski definition) is 3. The molecule has 6 heteroatoms. The largest absolute Gasteiger partial charge is 0.481 e. The van der Waals surface area contributed by atoms with Gasteiger partial charge in [-0.25, -0.2) is 4.79 Å². The predicted molar refractivity (Wildman–Crippen MR) is 65.7 cm³/mol. The number of aliphatic hydroxyl groups is 2. The lowest BCUT2D eigenvalue weighted by molar-refractivity contribution is -0.141. The molecule has 0 spiro atoms. The second-order valence-corrected chi connectivity index (χ2v) is 4.18. The molecule has 0 aromatic heterocycles. The number of hydrogen-bond acceptors (Lipinski definition) is 5. The van der Waals surface area contributed by atoms with E-state index >= 15 is 0 Å². The highest BCUT2D eigenvalue weighted by molar-refractivity contribution is 5.91. The van der Waals surface area contributed by atoms with Crippen LogP contribution in [0, 0.1) is 6.92 Å². The molecule has 1 aromatic rings. The van der Waals surface area contributed by atoms with Crippen molar-refractivity contribution in [1.29, 1.82) is 0 Å². The van der Waals surface area contributed by atoms with Gasteiger partial charge in [-0.3, -0.25) is 4.79 Å². The summed E-state index contributed by atoms with van der Waals surface area (Å²) in [7, 11) is 1.24. The van der Waals surface area contributed by atoms with E-state index in [1.807, 2.05) is 0 Å². The maximum absolute atomic E-state index is 11.5. The van der Waals surface area contributed by atoms with Gasteiger partial charge in [-0.2, -0.15) is 0 Å². The van der Waals surface area contributed by atoms with Crippen LogP contribution in [0.2, 0.25) is 0 Å². The van der Waals surface area contributed by atoms with Gasteiger partial charge in [0.15, 0.2) is 0 Å². The van der Waals surface area contributed by atoms with Gasteiger partial charge in [0.2, 0.25) is 0 Å². The number of carboxylic acids is 1. The number of methoxy groups -OCH3 is 1. The van der Waals surface area contributed by atoms with Crippen LogP contribution < -0.4 is 0 Å². The van der Waals surface area contributed by atoms with Crippen molar-refractivity contribution in [2.45, 2.75) is 25.6 Å². The topological polar surface area (TPSA) is 104 Å². The van der Waals surface area contributed by atoms with Crippen LogP contribution in [0.4, 0.5) is 0 Å². The number of aliphatic hydroxyl groups excluding tert-OH is 2. The van der Waals surface area contributed by atoms with Crippen LogP contribution >= 0.6 is 0 Å². The van der Waals surface area contributed by atoms with Crippen LogP contribution in [0.15, 0.2) is 18.2 Å². The number of ether oxygens (including phenoxy) is 1. The number of aryl methyl sites for hydroxylation is 1. The summed E-state index contributed by atoms with van der Waals surface area (Å²) in [6.45, 7) is 1.70. The Balaban J connectivity index is 3.01. The summed E-state index contributed by atoms with van der Waals surface area (Å²) in [5.41, 5.74) is 1.19. The van der Waals surface area contributed by atoms with E-state index in [1.165, 1.54) is 19.2 Å². The first-order chi connectivity index (χ1) is 8.86. The Labute approximate surface area is 110 Å². The van der Waals surface area contributed by atoms with Crippen LogP contribution in [-0.2, 0) is 9.53 Å². The third-order valence-electron chi connectivity index (χ3n) is 2.76. The van der Waals surface area contributed by atoms with Crippen molar-refractivity contribution in [3.8, 4) is 0 Å². The third-order valence-corrected chi connectivity index (χ3v) is 2.76. The number of aliphatic carboxylic acids is 1. The van der Waals surface area contributed by atoms with Crippen molar-refractivity contribution >= 4 is 11.9 Å². The predicted octanol–water partition coefficient (Wildman–Crippen LogP) is 0.651. The van der Waals surface area contributed by atoms with E-state index in [1.54, 1.807) is 13.0 Å². The van der Waals surface area contributed by atoms with Crippen LogP contribution in [0.3, 0.4) is 0 Å². The molecular weight excluding hydrogens is 252 g/mol. The standard InChI is InChI=1S/C13H16O6/c1-7-3-4-8(5-9(7)13(18)19-2)12(17)10(14)6-11(15)16/h3-5,10,12,14,17H,6H2,1-2H3,(H,15,16). The fraction of sp³-hybridized carbons (Fsp3) is 0.385. The lowest BCUT2D eigenvalue weighted by atomic mass is 9.97. The smallest absolute Gasteiger partial charge is 0.338 e. The third kappa shape index (κ3) is 3.77. The second kappa shape index (κ2) is 6.31. The molecule has 0 aliphatic heterocycles. The molecule has 0 heterocycles. The van der Waals surface area contributed by atoms with Gasteiger partial charge in [0.1, 0.15) is 6.10 Å². The van der Waals surface area contributed by atoms with Crippen LogP contribution in [-0.4, -0.2) is 40.5 Å². The fourth-order valence-corrected chi connectivity index (χ4v) is 1.67. The molecule has 0 bridgehead atoms. The molecule has 0 radical (unpaired) electrons. The number of carboxylic acid groups (broad SMARTS) is 1. The number of rotatable bonds is 5. The number of carbonyl (C=O) groups is 2. The Hall–Kier alpha value is -1.92. The van der Waals surface area contributed by atoms with Gasteiger partial charge in [-0.15, -0.1) is 0 Å². The summed E-state index contributed by atoms with van der Waals surface area (Å²) < 4.78 is 4.60. The molecule has 1 aromatic carbocycles. The number of esters is 1. The zero-order chi connectivity index (χ0) is 14.6. The Morgan fingerprint density at radius 3 is 2.47 bits per heavy atom. The molecule has 0 aliphatic rings. The lowest BCUT2D eigenvalue weighted by Gasteiger charge is -2.17. The van der Waals surface area contributed by atoms with E-state index in [0.717, 1.165) is 0 Å².